The Balaban J connectivity index is 1.32. The Bertz CT molecular complexity index is 1110. The first-order valence-corrected chi connectivity index (χ1v) is 10.4. The van der Waals surface area contributed by atoms with Crippen LogP contribution in [0.2, 0.25) is 0 Å². The summed E-state index contributed by atoms with van der Waals surface area (Å²) in [6, 6.07) is 26.9. The molecular formula is C26H27N3O. The highest BCUT2D eigenvalue weighted by Gasteiger charge is 2.05. The van der Waals surface area contributed by atoms with Crippen LogP contribution in [0.1, 0.15) is 33.5 Å². The van der Waals surface area contributed by atoms with Gasteiger partial charge in [0.2, 0.25) is 5.91 Å². The van der Waals surface area contributed by atoms with Gasteiger partial charge in [0.05, 0.1) is 0 Å². The second-order valence-electron chi connectivity index (χ2n) is 7.66. The van der Waals surface area contributed by atoms with E-state index in [2.05, 4.69) is 70.7 Å². The van der Waals surface area contributed by atoms with E-state index in [9.17, 15) is 4.79 Å². The molecule has 4 heteroatoms. The highest BCUT2D eigenvalue weighted by molar-refractivity contribution is 5.92. The molecular weight excluding hydrogens is 370 g/mol. The largest absolute Gasteiger partial charge is 0.366 e. The molecule has 30 heavy (non-hydrogen) atoms. The van der Waals surface area contributed by atoms with E-state index in [0.29, 0.717) is 5.56 Å². The third-order valence-corrected chi connectivity index (χ3v) is 5.42. The van der Waals surface area contributed by atoms with Gasteiger partial charge in [-0.05, 0) is 71.8 Å². The molecule has 0 fully saturated rings. The van der Waals surface area contributed by atoms with E-state index in [1.807, 2.05) is 12.1 Å². The lowest BCUT2D eigenvalue weighted by molar-refractivity contribution is 0.100. The third-order valence-electron chi connectivity index (χ3n) is 5.42. The van der Waals surface area contributed by atoms with Crippen LogP contribution in [0.25, 0.3) is 10.9 Å². The number of benzene rings is 3. The van der Waals surface area contributed by atoms with Crippen LogP contribution in [0.3, 0.4) is 0 Å². The van der Waals surface area contributed by atoms with Gasteiger partial charge in [-0.2, -0.15) is 0 Å². The molecule has 0 aliphatic rings. The van der Waals surface area contributed by atoms with Crippen molar-refractivity contribution in [3.05, 3.63) is 107 Å². The van der Waals surface area contributed by atoms with Crippen molar-refractivity contribution in [3.63, 3.8) is 0 Å². The molecule has 1 aromatic heterocycles. The van der Waals surface area contributed by atoms with Crippen molar-refractivity contribution in [3.8, 4) is 0 Å². The smallest absolute Gasteiger partial charge is 0.248 e. The number of aromatic nitrogens is 1. The summed E-state index contributed by atoms with van der Waals surface area (Å²) in [7, 11) is 0. The first-order chi connectivity index (χ1) is 14.7. The van der Waals surface area contributed by atoms with Gasteiger partial charge in [-0.3, -0.25) is 4.79 Å². The number of rotatable bonds is 9. The van der Waals surface area contributed by atoms with E-state index < -0.39 is 5.91 Å². The van der Waals surface area contributed by atoms with Crippen molar-refractivity contribution >= 4 is 16.8 Å². The highest BCUT2D eigenvalue weighted by atomic mass is 16.1. The quantitative estimate of drug-likeness (QED) is 0.408. The Kier molecular flexibility index (Phi) is 6.26. The van der Waals surface area contributed by atoms with Crippen molar-refractivity contribution < 1.29 is 4.79 Å². The predicted molar refractivity (Wildman–Crippen MR) is 122 cm³/mol. The summed E-state index contributed by atoms with van der Waals surface area (Å²) >= 11 is 0. The van der Waals surface area contributed by atoms with Gasteiger partial charge in [0.25, 0.3) is 0 Å². The Hall–Kier alpha value is -3.37. The van der Waals surface area contributed by atoms with Crippen molar-refractivity contribution in [2.24, 2.45) is 5.73 Å². The summed E-state index contributed by atoms with van der Waals surface area (Å²) < 4.78 is 2.23. The average Bonchev–Trinajstić information content (AvgIpc) is 3.16. The van der Waals surface area contributed by atoms with Crippen LogP contribution >= 0.6 is 0 Å². The second kappa shape index (κ2) is 9.42. The summed E-state index contributed by atoms with van der Waals surface area (Å²) in [6.45, 7) is 2.65. The van der Waals surface area contributed by atoms with Gasteiger partial charge in [0.15, 0.2) is 0 Å². The number of nitrogens with two attached hydrogens (primary N) is 1. The number of nitrogens with zero attached hydrogens (tertiary/aromatic N) is 1. The van der Waals surface area contributed by atoms with Crippen molar-refractivity contribution in [2.45, 2.75) is 25.9 Å². The van der Waals surface area contributed by atoms with Gasteiger partial charge in [-0.25, -0.2) is 0 Å². The number of amides is 1. The lowest BCUT2D eigenvalue weighted by Crippen LogP contribution is -2.15. The highest BCUT2D eigenvalue weighted by Crippen LogP contribution is 2.19. The molecule has 0 unspecified atom stereocenters. The first kappa shape index (κ1) is 19.9. The normalized spacial score (nSPS) is 11.1. The van der Waals surface area contributed by atoms with Crippen LogP contribution in [0.15, 0.2) is 85.1 Å². The maximum Gasteiger partial charge on any atom is 0.248 e. The van der Waals surface area contributed by atoms with Gasteiger partial charge in [0.1, 0.15) is 0 Å². The zero-order valence-corrected chi connectivity index (χ0v) is 17.1. The molecule has 0 radical (unpaired) electrons. The van der Waals surface area contributed by atoms with Gasteiger partial charge in [-0.15, -0.1) is 0 Å². The summed E-state index contributed by atoms with van der Waals surface area (Å²) in [4.78, 5) is 11.2. The summed E-state index contributed by atoms with van der Waals surface area (Å²) in [5, 5.41) is 4.80. The molecule has 0 bridgehead atoms. The van der Waals surface area contributed by atoms with E-state index in [1.165, 1.54) is 22.0 Å². The molecule has 3 aromatic carbocycles. The summed E-state index contributed by atoms with van der Waals surface area (Å²) in [6.07, 6.45) is 4.36. The zero-order valence-electron chi connectivity index (χ0n) is 17.1. The molecule has 1 heterocycles. The van der Waals surface area contributed by atoms with E-state index in [4.69, 9.17) is 5.73 Å². The van der Waals surface area contributed by atoms with Crippen LogP contribution < -0.4 is 11.1 Å². The number of hydrogen-bond acceptors (Lipinski definition) is 2. The SMILES string of the molecule is NC(=O)c1ccc(Cn2ccc3cc(CNCCCc4ccccc4)ccc32)cc1. The number of aryl methyl sites for hydroxylation is 1. The van der Waals surface area contributed by atoms with E-state index in [-0.39, 0.29) is 0 Å². The van der Waals surface area contributed by atoms with E-state index in [0.717, 1.165) is 38.0 Å². The van der Waals surface area contributed by atoms with Crippen molar-refractivity contribution in [2.75, 3.05) is 6.54 Å². The number of carbonyl (C=O) groups excluding carboxylic acids is 1. The maximum atomic E-state index is 11.2. The van der Waals surface area contributed by atoms with Crippen molar-refractivity contribution in [1.82, 2.24) is 9.88 Å². The molecule has 0 saturated heterocycles. The average molecular weight is 398 g/mol. The van der Waals surface area contributed by atoms with Crippen molar-refractivity contribution in [1.29, 1.82) is 0 Å². The molecule has 0 aliphatic heterocycles. The molecule has 0 saturated carbocycles. The number of fused-ring (bicyclic) bond motifs is 1. The minimum absolute atomic E-state index is 0.394. The fourth-order valence-electron chi connectivity index (χ4n) is 3.76. The maximum absolute atomic E-state index is 11.2. The molecule has 0 aliphatic carbocycles. The zero-order chi connectivity index (χ0) is 20.8. The lowest BCUT2D eigenvalue weighted by atomic mass is 10.1. The van der Waals surface area contributed by atoms with E-state index in [1.54, 1.807) is 12.1 Å². The molecule has 4 nitrogen and oxygen atoms in total. The first-order valence-electron chi connectivity index (χ1n) is 10.4. The van der Waals surface area contributed by atoms with Crippen LogP contribution in [-0.4, -0.2) is 17.0 Å². The predicted octanol–water partition coefficient (Wildman–Crippen LogP) is 4.51. The number of carbonyl (C=O) groups is 1. The van der Waals surface area contributed by atoms with Gasteiger partial charge in [-0.1, -0.05) is 48.5 Å². The van der Waals surface area contributed by atoms with Crippen LogP contribution in [-0.2, 0) is 19.5 Å². The van der Waals surface area contributed by atoms with Crippen LogP contribution in [0.4, 0.5) is 0 Å². The Labute approximate surface area is 177 Å². The van der Waals surface area contributed by atoms with Gasteiger partial charge < -0.3 is 15.6 Å². The van der Waals surface area contributed by atoms with Gasteiger partial charge in [0, 0.05) is 30.4 Å². The number of hydrogen-bond donors (Lipinski definition) is 2. The fraction of sp³-hybridized carbons (Fsp3) is 0.192. The fourth-order valence-corrected chi connectivity index (χ4v) is 3.76. The molecule has 1 amide bonds. The third kappa shape index (κ3) is 4.97. The lowest BCUT2D eigenvalue weighted by Gasteiger charge is -2.08. The van der Waals surface area contributed by atoms with Crippen LogP contribution in [0, 0.1) is 0 Å². The second-order valence-corrected chi connectivity index (χ2v) is 7.66. The molecule has 3 N–H and O–H groups in total. The summed E-state index contributed by atoms with van der Waals surface area (Å²) in [5.74, 6) is -0.394. The Morgan fingerprint density at radius 2 is 1.63 bits per heavy atom. The van der Waals surface area contributed by atoms with Crippen LogP contribution in [0.5, 0.6) is 0 Å². The molecule has 4 aromatic rings. The molecule has 0 atom stereocenters. The Morgan fingerprint density at radius 3 is 2.40 bits per heavy atom. The summed E-state index contributed by atoms with van der Waals surface area (Å²) in [5.41, 5.74) is 10.9. The molecule has 4 rings (SSSR count). The number of primary amides is 1. The standard InChI is InChI=1S/C26H27N3O/c27-26(30)23-11-8-21(9-12-23)19-29-16-14-24-17-22(10-13-25(24)29)18-28-15-4-7-20-5-2-1-3-6-20/h1-3,5-6,8-14,16-17,28H,4,7,15,18-19H2,(H2,27,30). The minimum Gasteiger partial charge on any atom is -0.366 e. The molecule has 0 spiro atoms. The topological polar surface area (TPSA) is 60.1 Å². The Morgan fingerprint density at radius 1 is 0.867 bits per heavy atom. The van der Waals surface area contributed by atoms with Gasteiger partial charge >= 0.3 is 0 Å². The van der Waals surface area contributed by atoms with E-state index >= 15 is 0 Å². The minimum atomic E-state index is -0.394. The monoisotopic (exact) mass is 397 g/mol. The molecule has 152 valence electrons. The number of nitrogens with one attached hydrogen (secondary N) is 1.